The molecular weight excluding hydrogens is 829 g/mol. The number of azo groups is 2. The van der Waals surface area contributed by atoms with Gasteiger partial charge in [0.2, 0.25) is 0 Å². The number of para-hydroxylation sites is 1. The average Bonchev–Trinajstić information content (AvgIpc) is 3.56. The Labute approximate surface area is 390 Å². The molecule has 6 aromatic rings. The standard InChI is InChI=1S/C40H29N9O9S.2Na/c41-25-10-6-22(7-11-25)38(52)43-29-18-19-31-24(20-29)21-32(59(56,57)58)33(36(31)50)46-44-27-12-8-23(9-13-27)37(51)42-26-14-16-28(17-15-26)45-47-34-35(40(54)55)48-49(39(34)53)30-4-2-1-3-5-30;;/h1-21,34,50H,41H2,(H,42,51)(H,43,52)(H,54,55)(H,56,57,58);;/q;2*+1/p-2. The van der Waals surface area contributed by atoms with Gasteiger partial charge in [0, 0.05) is 33.6 Å². The summed E-state index contributed by atoms with van der Waals surface area (Å²) in [7, 11) is -5.18. The third-order valence-corrected chi connectivity index (χ3v) is 9.53. The molecule has 6 aromatic carbocycles. The van der Waals surface area contributed by atoms with Crippen LogP contribution < -0.4 is 85.6 Å². The van der Waals surface area contributed by atoms with Gasteiger partial charge >= 0.3 is 59.1 Å². The fraction of sp³-hybridized carbons (Fsp3) is 0.0250. The minimum Gasteiger partial charge on any atom is -0.744 e. The van der Waals surface area contributed by atoms with Crippen LogP contribution in [0.1, 0.15) is 20.7 Å². The third kappa shape index (κ3) is 10.6. The van der Waals surface area contributed by atoms with Crippen molar-refractivity contribution in [2.75, 3.05) is 21.4 Å². The summed E-state index contributed by atoms with van der Waals surface area (Å²) >= 11 is 0. The van der Waals surface area contributed by atoms with Crippen molar-refractivity contribution in [2.24, 2.45) is 25.6 Å². The van der Waals surface area contributed by atoms with Crippen LogP contribution in [0.15, 0.2) is 158 Å². The van der Waals surface area contributed by atoms with E-state index in [1.54, 1.807) is 42.5 Å². The predicted octanol–water partition coefficient (Wildman–Crippen LogP) is -0.435. The second-order valence-electron chi connectivity index (χ2n) is 12.7. The first-order chi connectivity index (χ1) is 28.2. The molecule has 0 spiro atoms. The van der Waals surface area contributed by atoms with Gasteiger partial charge in [-0.25, -0.2) is 8.42 Å². The van der Waals surface area contributed by atoms with Crippen LogP contribution in [0.2, 0.25) is 0 Å². The molecule has 1 aliphatic heterocycles. The van der Waals surface area contributed by atoms with Gasteiger partial charge in [-0.15, -0.1) is 5.11 Å². The number of aliphatic carboxylic acids is 1. The van der Waals surface area contributed by atoms with E-state index in [0.29, 0.717) is 22.6 Å². The van der Waals surface area contributed by atoms with E-state index in [9.17, 15) is 42.4 Å². The summed E-state index contributed by atoms with van der Waals surface area (Å²) in [4.78, 5) is 49.4. The largest absolute Gasteiger partial charge is 1.00 e. The van der Waals surface area contributed by atoms with E-state index in [4.69, 9.17) is 5.73 Å². The molecule has 61 heavy (non-hydrogen) atoms. The molecule has 7 rings (SSSR count). The molecule has 1 heterocycles. The molecular formula is C40H27N9Na2O9S. The van der Waals surface area contributed by atoms with E-state index >= 15 is 0 Å². The monoisotopic (exact) mass is 855 g/mol. The average molecular weight is 856 g/mol. The number of nitrogens with one attached hydrogen (secondary N) is 2. The van der Waals surface area contributed by atoms with Crippen LogP contribution in [0.5, 0.6) is 5.75 Å². The maximum Gasteiger partial charge on any atom is 1.00 e. The maximum absolute atomic E-state index is 13.0. The number of hydrogen-bond donors (Lipinski definition) is 4. The number of carboxylic acid groups (broad SMARTS) is 1. The van der Waals surface area contributed by atoms with Crippen LogP contribution in [0, 0.1) is 0 Å². The molecule has 1 atom stereocenters. The number of carbonyl (C=O) groups is 4. The van der Waals surface area contributed by atoms with Crippen molar-refractivity contribution in [3.63, 3.8) is 0 Å². The minimum absolute atomic E-state index is 0. The summed E-state index contributed by atoms with van der Waals surface area (Å²) in [6.45, 7) is 0. The molecule has 1 aliphatic rings. The number of carboxylic acids is 1. The summed E-state index contributed by atoms with van der Waals surface area (Å²) < 4.78 is 36.8. The normalized spacial score (nSPS) is 13.7. The molecule has 0 aliphatic carbocycles. The number of phenols is 1. The Hall–Kier alpha value is -6.16. The number of amides is 3. The van der Waals surface area contributed by atoms with Gasteiger partial charge in [-0.1, -0.05) is 18.2 Å². The number of rotatable bonds is 11. The van der Waals surface area contributed by atoms with Crippen molar-refractivity contribution >= 4 is 90.1 Å². The molecule has 294 valence electrons. The Morgan fingerprint density at radius 3 is 1.90 bits per heavy atom. The molecule has 1 unspecified atom stereocenters. The second kappa shape index (κ2) is 19.5. The molecule has 3 amide bonds. The molecule has 21 heteroatoms. The van der Waals surface area contributed by atoms with Crippen LogP contribution in [0.4, 0.5) is 39.8 Å². The Bertz CT molecular complexity index is 2860. The number of phenolic OH excluding ortho intramolecular Hbond substituents is 1. The molecule has 0 fully saturated rings. The Morgan fingerprint density at radius 2 is 1.30 bits per heavy atom. The van der Waals surface area contributed by atoms with Gasteiger partial charge in [-0.2, -0.15) is 25.5 Å². The van der Waals surface area contributed by atoms with Gasteiger partial charge in [0.1, 0.15) is 21.5 Å². The molecule has 0 radical (unpaired) electrons. The molecule has 0 saturated heterocycles. The Morgan fingerprint density at radius 1 is 0.738 bits per heavy atom. The van der Waals surface area contributed by atoms with Gasteiger partial charge in [0.15, 0.2) is 11.8 Å². The van der Waals surface area contributed by atoms with Crippen molar-refractivity contribution in [3.8, 4) is 5.75 Å². The van der Waals surface area contributed by atoms with Crippen molar-refractivity contribution in [1.29, 1.82) is 0 Å². The number of benzene rings is 6. The zero-order chi connectivity index (χ0) is 41.8. The summed E-state index contributed by atoms with van der Waals surface area (Å²) in [5.74, 6) is -4.03. The number of carbonyl (C=O) groups excluding carboxylic acids is 4. The minimum atomic E-state index is -5.18. The first kappa shape index (κ1) is 45.9. The van der Waals surface area contributed by atoms with Crippen molar-refractivity contribution in [3.05, 3.63) is 139 Å². The Balaban J connectivity index is 0.00000352. The number of aromatic hydroxyl groups is 1. The maximum atomic E-state index is 13.0. The number of nitrogen functional groups attached to an aromatic ring is 1. The van der Waals surface area contributed by atoms with Gasteiger partial charge in [-0.3, -0.25) is 14.4 Å². The fourth-order valence-corrected chi connectivity index (χ4v) is 6.38. The quantitative estimate of drug-likeness (QED) is 0.0564. The van der Waals surface area contributed by atoms with Gasteiger partial charge in [0.25, 0.3) is 17.7 Å². The number of fused-ring (bicyclic) bond motifs is 1. The number of hydrogen-bond acceptors (Lipinski definition) is 15. The summed E-state index contributed by atoms with van der Waals surface area (Å²) in [5, 5.41) is 48.8. The summed E-state index contributed by atoms with van der Waals surface area (Å²) in [6, 6.07) is 29.7. The van der Waals surface area contributed by atoms with Crippen LogP contribution in [0.25, 0.3) is 10.8 Å². The Kier molecular flexibility index (Phi) is 14.7. The number of hydrazone groups is 1. The topological polar surface area (TPSA) is 284 Å². The fourth-order valence-electron chi connectivity index (χ4n) is 5.74. The number of nitrogens with zero attached hydrogens (tertiary/aromatic N) is 6. The van der Waals surface area contributed by atoms with E-state index in [1.807, 2.05) is 0 Å². The van der Waals surface area contributed by atoms with Crippen LogP contribution in [-0.4, -0.2) is 53.5 Å². The van der Waals surface area contributed by atoms with E-state index in [0.717, 1.165) is 11.1 Å². The van der Waals surface area contributed by atoms with E-state index in [1.165, 1.54) is 78.9 Å². The van der Waals surface area contributed by atoms with Crippen LogP contribution in [0.3, 0.4) is 0 Å². The first-order valence-electron chi connectivity index (χ1n) is 17.2. The molecule has 5 N–H and O–H groups in total. The zero-order valence-corrected chi connectivity index (χ0v) is 36.9. The first-order valence-corrected chi connectivity index (χ1v) is 18.6. The van der Waals surface area contributed by atoms with Gasteiger partial charge in [-0.05, 0) is 115 Å². The van der Waals surface area contributed by atoms with E-state index in [-0.39, 0.29) is 92.5 Å². The van der Waals surface area contributed by atoms with E-state index in [2.05, 4.69) is 36.2 Å². The summed E-state index contributed by atoms with van der Waals surface area (Å²) in [6.07, 6.45) is 0. The van der Waals surface area contributed by atoms with E-state index < -0.39 is 61.9 Å². The van der Waals surface area contributed by atoms with Gasteiger partial charge < -0.3 is 35.9 Å². The second-order valence-corrected chi connectivity index (χ2v) is 14.0. The van der Waals surface area contributed by atoms with Crippen molar-refractivity contribution in [1.82, 2.24) is 0 Å². The molecule has 0 bridgehead atoms. The smallest absolute Gasteiger partial charge is 0.744 e. The van der Waals surface area contributed by atoms with Crippen LogP contribution >= 0.6 is 0 Å². The van der Waals surface area contributed by atoms with Crippen molar-refractivity contribution in [2.45, 2.75) is 10.9 Å². The SMILES string of the molecule is Nc1ccc(C(=O)Nc2ccc3c(O)c(N=Nc4ccc(C(=O)Nc5ccc(N=NC6C(=O)N(c7ccccc7)N=C6C(=O)[O-])cc5)cc4)c(S(=O)(=O)[O-])cc3c2)cc1.[Na+].[Na+]. The molecule has 18 nitrogen and oxygen atoms in total. The molecule has 0 aromatic heterocycles. The third-order valence-electron chi connectivity index (χ3n) is 8.68. The predicted molar refractivity (Wildman–Crippen MR) is 212 cm³/mol. The van der Waals surface area contributed by atoms with Crippen LogP contribution in [-0.2, 0) is 19.7 Å². The van der Waals surface area contributed by atoms with Crippen molar-refractivity contribution < 1.29 is 101 Å². The number of anilines is 4. The van der Waals surface area contributed by atoms with Gasteiger partial charge in [0.05, 0.1) is 27.9 Å². The number of nitrogens with two attached hydrogens (primary N) is 1. The molecule has 0 saturated carbocycles. The summed E-state index contributed by atoms with van der Waals surface area (Å²) in [5.41, 5.74) is 6.80. The zero-order valence-electron chi connectivity index (χ0n) is 32.1.